The highest BCUT2D eigenvalue weighted by Crippen LogP contribution is 2.30. The molecule has 0 bridgehead atoms. The van der Waals surface area contributed by atoms with Crippen LogP contribution in [0.1, 0.15) is 54.1 Å². The molecule has 134 valence electrons. The fraction of sp³-hybridized carbons (Fsp3) is 0.444. The van der Waals surface area contributed by atoms with Gasteiger partial charge in [-0.25, -0.2) is 13.1 Å². The average molecular weight is 361 g/mol. The van der Waals surface area contributed by atoms with Crippen LogP contribution < -0.4 is 5.32 Å². The molecule has 7 heteroatoms. The van der Waals surface area contributed by atoms with E-state index in [2.05, 4.69) is 10.4 Å². The van der Waals surface area contributed by atoms with Crippen LogP contribution in [-0.4, -0.2) is 30.4 Å². The molecular weight excluding hydrogens is 338 g/mol. The first-order chi connectivity index (χ1) is 11.9. The third kappa shape index (κ3) is 4.69. The van der Waals surface area contributed by atoms with E-state index >= 15 is 0 Å². The quantitative estimate of drug-likeness (QED) is 0.887. The standard InChI is InChI=1S/C18H23N3O3S/c1-25(23,24)13-14-7-9-15(10-8-14)18(22)20-17-11-12-19-21(17)16-5-3-2-4-6-16/h7-12,16H,2-6,13H2,1H3,(H,20,22). The lowest BCUT2D eigenvalue weighted by Crippen LogP contribution is -2.20. The number of hydrogen-bond acceptors (Lipinski definition) is 4. The Bertz CT molecular complexity index is 835. The van der Waals surface area contributed by atoms with E-state index in [1.807, 2.05) is 10.7 Å². The van der Waals surface area contributed by atoms with Crippen LogP contribution in [0.2, 0.25) is 0 Å². The Morgan fingerprint density at radius 1 is 1.16 bits per heavy atom. The van der Waals surface area contributed by atoms with Gasteiger partial charge in [-0.1, -0.05) is 31.4 Å². The number of aromatic nitrogens is 2. The topological polar surface area (TPSA) is 81.1 Å². The molecule has 1 aromatic heterocycles. The Kier molecular flexibility index (Phi) is 5.22. The van der Waals surface area contributed by atoms with E-state index in [9.17, 15) is 13.2 Å². The van der Waals surface area contributed by atoms with Crippen molar-refractivity contribution in [2.24, 2.45) is 0 Å². The van der Waals surface area contributed by atoms with Crippen LogP contribution in [0.15, 0.2) is 36.5 Å². The lowest BCUT2D eigenvalue weighted by atomic mass is 9.96. The summed E-state index contributed by atoms with van der Waals surface area (Å²) in [6, 6.07) is 8.80. The van der Waals surface area contributed by atoms with Crippen LogP contribution in [0, 0.1) is 0 Å². The van der Waals surface area contributed by atoms with Crippen molar-refractivity contribution in [1.29, 1.82) is 0 Å². The third-order valence-corrected chi connectivity index (χ3v) is 5.34. The van der Waals surface area contributed by atoms with Gasteiger partial charge >= 0.3 is 0 Å². The summed E-state index contributed by atoms with van der Waals surface area (Å²) in [4.78, 5) is 12.5. The molecule has 1 aliphatic carbocycles. The molecule has 0 saturated heterocycles. The monoisotopic (exact) mass is 361 g/mol. The highest BCUT2D eigenvalue weighted by atomic mass is 32.2. The van der Waals surface area contributed by atoms with E-state index in [4.69, 9.17) is 0 Å². The van der Waals surface area contributed by atoms with Crippen molar-refractivity contribution in [3.05, 3.63) is 47.7 Å². The molecule has 1 aromatic carbocycles. The molecule has 0 aliphatic heterocycles. The molecule has 1 amide bonds. The summed E-state index contributed by atoms with van der Waals surface area (Å²) in [5.74, 6) is 0.462. The fourth-order valence-corrected chi connectivity index (χ4v) is 4.07. The van der Waals surface area contributed by atoms with Crippen molar-refractivity contribution in [2.75, 3.05) is 11.6 Å². The molecule has 0 radical (unpaired) electrons. The summed E-state index contributed by atoms with van der Waals surface area (Å²) >= 11 is 0. The van der Waals surface area contributed by atoms with Crippen molar-refractivity contribution in [2.45, 2.75) is 43.9 Å². The molecule has 1 heterocycles. The highest BCUT2D eigenvalue weighted by molar-refractivity contribution is 7.89. The molecule has 0 spiro atoms. The van der Waals surface area contributed by atoms with Gasteiger partial charge in [0.1, 0.15) is 5.82 Å². The Balaban J connectivity index is 1.69. The zero-order valence-electron chi connectivity index (χ0n) is 14.3. The van der Waals surface area contributed by atoms with Gasteiger partial charge < -0.3 is 5.32 Å². The number of nitrogens with zero attached hydrogens (tertiary/aromatic N) is 2. The second-order valence-electron chi connectivity index (χ2n) is 6.67. The number of carbonyl (C=O) groups is 1. The van der Waals surface area contributed by atoms with Crippen LogP contribution >= 0.6 is 0 Å². The summed E-state index contributed by atoms with van der Waals surface area (Å²) < 4.78 is 24.6. The molecule has 0 unspecified atom stereocenters. The second-order valence-corrected chi connectivity index (χ2v) is 8.81. The van der Waals surface area contributed by atoms with Gasteiger partial charge in [-0.3, -0.25) is 4.79 Å². The van der Waals surface area contributed by atoms with Crippen molar-refractivity contribution in [3.63, 3.8) is 0 Å². The maximum Gasteiger partial charge on any atom is 0.256 e. The zero-order chi connectivity index (χ0) is 17.9. The largest absolute Gasteiger partial charge is 0.307 e. The molecule has 25 heavy (non-hydrogen) atoms. The first kappa shape index (κ1) is 17.7. The van der Waals surface area contributed by atoms with Crippen LogP contribution in [0.3, 0.4) is 0 Å². The lowest BCUT2D eigenvalue weighted by molar-refractivity contribution is 0.102. The number of rotatable bonds is 5. The van der Waals surface area contributed by atoms with Gasteiger partial charge in [-0.15, -0.1) is 0 Å². The Hall–Kier alpha value is -2.15. The second kappa shape index (κ2) is 7.39. The van der Waals surface area contributed by atoms with Crippen LogP contribution in [0.25, 0.3) is 0 Å². The zero-order valence-corrected chi connectivity index (χ0v) is 15.1. The molecule has 1 saturated carbocycles. The molecule has 3 rings (SSSR count). The molecular formula is C18H23N3O3S. The number of nitrogens with one attached hydrogen (secondary N) is 1. The van der Waals surface area contributed by atoms with Gasteiger partial charge in [0.15, 0.2) is 9.84 Å². The SMILES string of the molecule is CS(=O)(=O)Cc1ccc(C(=O)Nc2ccnn2C2CCCCC2)cc1. The molecule has 1 aliphatic rings. The van der Waals surface area contributed by atoms with E-state index in [-0.39, 0.29) is 11.7 Å². The molecule has 6 nitrogen and oxygen atoms in total. The predicted octanol–water partition coefficient (Wildman–Crippen LogP) is 3.19. The van der Waals surface area contributed by atoms with Crippen LogP contribution in [0.5, 0.6) is 0 Å². The predicted molar refractivity (Wildman–Crippen MR) is 97.3 cm³/mol. The Labute approximate surface area is 148 Å². The van der Waals surface area contributed by atoms with Gasteiger partial charge in [0.25, 0.3) is 5.91 Å². The van der Waals surface area contributed by atoms with Crippen molar-refractivity contribution >= 4 is 21.6 Å². The minimum atomic E-state index is -3.08. The van der Waals surface area contributed by atoms with Gasteiger partial charge in [0.05, 0.1) is 18.0 Å². The van der Waals surface area contributed by atoms with Gasteiger partial charge in [0.2, 0.25) is 0 Å². The van der Waals surface area contributed by atoms with Gasteiger partial charge in [-0.05, 0) is 30.5 Å². The Morgan fingerprint density at radius 3 is 2.48 bits per heavy atom. The van der Waals surface area contributed by atoms with Gasteiger partial charge in [0, 0.05) is 17.9 Å². The summed E-state index contributed by atoms with van der Waals surface area (Å²) in [5.41, 5.74) is 1.17. The van der Waals surface area contributed by atoms with E-state index in [1.165, 1.54) is 25.5 Å². The summed E-state index contributed by atoms with van der Waals surface area (Å²) in [5, 5.41) is 7.29. The molecule has 0 atom stereocenters. The number of hydrogen-bond donors (Lipinski definition) is 1. The van der Waals surface area contributed by atoms with Crippen LogP contribution in [-0.2, 0) is 15.6 Å². The normalized spacial score (nSPS) is 15.9. The third-order valence-electron chi connectivity index (χ3n) is 4.48. The number of amides is 1. The number of benzene rings is 1. The maximum absolute atomic E-state index is 12.5. The average Bonchev–Trinajstić information content (AvgIpc) is 3.03. The fourth-order valence-electron chi connectivity index (χ4n) is 3.27. The lowest BCUT2D eigenvalue weighted by Gasteiger charge is -2.23. The summed E-state index contributed by atoms with van der Waals surface area (Å²) in [6.07, 6.45) is 8.73. The van der Waals surface area contributed by atoms with Crippen molar-refractivity contribution < 1.29 is 13.2 Å². The number of anilines is 1. The van der Waals surface area contributed by atoms with Crippen LogP contribution in [0.4, 0.5) is 5.82 Å². The minimum Gasteiger partial charge on any atom is -0.307 e. The molecule has 1 N–H and O–H groups in total. The van der Waals surface area contributed by atoms with Crippen molar-refractivity contribution in [3.8, 4) is 0 Å². The first-order valence-corrected chi connectivity index (χ1v) is 10.6. The first-order valence-electron chi connectivity index (χ1n) is 8.54. The maximum atomic E-state index is 12.5. The highest BCUT2D eigenvalue weighted by Gasteiger charge is 2.19. The van der Waals surface area contributed by atoms with Gasteiger partial charge in [-0.2, -0.15) is 5.10 Å². The summed E-state index contributed by atoms with van der Waals surface area (Å²) in [6.45, 7) is 0. The van der Waals surface area contributed by atoms with Crippen molar-refractivity contribution in [1.82, 2.24) is 9.78 Å². The van der Waals surface area contributed by atoms with E-state index in [0.717, 1.165) is 12.8 Å². The summed E-state index contributed by atoms with van der Waals surface area (Å²) in [7, 11) is -3.08. The van der Waals surface area contributed by atoms with E-state index in [1.54, 1.807) is 30.5 Å². The smallest absolute Gasteiger partial charge is 0.256 e. The number of carbonyl (C=O) groups excluding carboxylic acids is 1. The Morgan fingerprint density at radius 2 is 1.84 bits per heavy atom. The molecule has 2 aromatic rings. The van der Waals surface area contributed by atoms with E-state index < -0.39 is 9.84 Å². The molecule has 1 fully saturated rings. The number of sulfone groups is 1. The van der Waals surface area contributed by atoms with E-state index in [0.29, 0.717) is 23.0 Å². The minimum absolute atomic E-state index is 0.0245.